The Morgan fingerprint density at radius 1 is 1.60 bits per heavy atom. The Morgan fingerprint density at radius 3 is 2.87 bits per heavy atom. The van der Waals surface area contributed by atoms with E-state index in [9.17, 15) is 4.79 Å². The molecule has 1 aliphatic rings. The van der Waals surface area contributed by atoms with Gasteiger partial charge < -0.3 is 10.0 Å². The van der Waals surface area contributed by atoms with Crippen LogP contribution in [0.4, 0.5) is 0 Å². The summed E-state index contributed by atoms with van der Waals surface area (Å²) in [5, 5.41) is 8.89. The number of hydrogen-bond acceptors (Lipinski definition) is 3. The number of likely N-dealkylation sites (tertiary alicyclic amines) is 1. The molecule has 0 aromatic rings. The molecule has 1 rings (SSSR count). The van der Waals surface area contributed by atoms with Gasteiger partial charge in [-0.15, -0.1) is 0 Å². The number of aliphatic hydroxyl groups is 1. The zero-order valence-corrected chi connectivity index (χ0v) is 9.78. The minimum absolute atomic E-state index is 0.178. The monoisotopic (exact) mass is 214 g/mol. The lowest BCUT2D eigenvalue weighted by Gasteiger charge is -2.29. The lowest BCUT2D eigenvalue weighted by molar-refractivity contribution is -0.129. The number of aliphatic hydroxyl groups excluding tert-OH is 1. The molecule has 1 amide bonds. The second kappa shape index (κ2) is 6.08. The summed E-state index contributed by atoms with van der Waals surface area (Å²) in [7, 11) is 0. The average Bonchev–Trinajstić information content (AvgIpc) is 2.65. The van der Waals surface area contributed by atoms with Crippen molar-refractivity contribution in [1.82, 2.24) is 9.80 Å². The summed E-state index contributed by atoms with van der Waals surface area (Å²) < 4.78 is 0. The van der Waals surface area contributed by atoms with Crippen molar-refractivity contribution >= 4 is 5.91 Å². The van der Waals surface area contributed by atoms with Crippen molar-refractivity contribution in [2.24, 2.45) is 0 Å². The predicted molar refractivity (Wildman–Crippen MR) is 59.6 cm³/mol. The Bertz CT molecular complexity index is 209. The molecule has 0 saturated carbocycles. The van der Waals surface area contributed by atoms with E-state index in [2.05, 4.69) is 11.8 Å². The van der Waals surface area contributed by atoms with Crippen molar-refractivity contribution in [3.8, 4) is 0 Å². The molecule has 0 spiro atoms. The summed E-state index contributed by atoms with van der Waals surface area (Å²) in [5.74, 6) is 0.178. The van der Waals surface area contributed by atoms with Gasteiger partial charge in [0.15, 0.2) is 0 Å². The summed E-state index contributed by atoms with van der Waals surface area (Å²) in [5.41, 5.74) is 0. The van der Waals surface area contributed by atoms with Crippen molar-refractivity contribution in [3.63, 3.8) is 0 Å². The number of likely N-dealkylation sites (N-methyl/N-ethyl adjacent to an activating group) is 1. The Morgan fingerprint density at radius 2 is 2.33 bits per heavy atom. The van der Waals surface area contributed by atoms with E-state index in [0.29, 0.717) is 12.6 Å². The first-order valence-corrected chi connectivity index (χ1v) is 5.79. The number of amides is 1. The second-order valence-electron chi connectivity index (χ2n) is 4.13. The first kappa shape index (κ1) is 12.5. The molecule has 4 heteroatoms. The van der Waals surface area contributed by atoms with Gasteiger partial charge in [0, 0.05) is 32.6 Å². The van der Waals surface area contributed by atoms with Gasteiger partial charge in [0.25, 0.3) is 0 Å². The average molecular weight is 214 g/mol. The van der Waals surface area contributed by atoms with Gasteiger partial charge in [0.1, 0.15) is 0 Å². The van der Waals surface area contributed by atoms with Crippen LogP contribution in [0.15, 0.2) is 0 Å². The number of carbonyl (C=O) groups is 1. The molecule has 0 aliphatic carbocycles. The second-order valence-corrected chi connectivity index (χ2v) is 4.13. The van der Waals surface area contributed by atoms with Gasteiger partial charge in [0.05, 0.1) is 6.61 Å². The molecule has 0 radical (unpaired) electrons. The summed E-state index contributed by atoms with van der Waals surface area (Å²) in [6.45, 7) is 7.36. The van der Waals surface area contributed by atoms with Crippen LogP contribution in [-0.2, 0) is 4.79 Å². The van der Waals surface area contributed by atoms with E-state index in [1.54, 1.807) is 6.92 Å². The maximum Gasteiger partial charge on any atom is 0.219 e. The van der Waals surface area contributed by atoms with Gasteiger partial charge in [-0.3, -0.25) is 9.69 Å². The maximum atomic E-state index is 11.3. The Kier molecular flexibility index (Phi) is 5.05. The van der Waals surface area contributed by atoms with Gasteiger partial charge in [-0.1, -0.05) is 6.92 Å². The van der Waals surface area contributed by atoms with E-state index in [1.165, 1.54) is 0 Å². The molecule has 1 fully saturated rings. The van der Waals surface area contributed by atoms with Crippen molar-refractivity contribution in [2.45, 2.75) is 32.7 Å². The van der Waals surface area contributed by atoms with Gasteiger partial charge >= 0.3 is 0 Å². The minimum atomic E-state index is 0.178. The van der Waals surface area contributed by atoms with Crippen LogP contribution in [0.2, 0.25) is 0 Å². The number of hydrogen-bond donors (Lipinski definition) is 1. The van der Waals surface area contributed by atoms with Crippen LogP contribution >= 0.6 is 0 Å². The summed E-state index contributed by atoms with van der Waals surface area (Å²) in [4.78, 5) is 15.5. The summed E-state index contributed by atoms with van der Waals surface area (Å²) >= 11 is 0. The molecule has 1 saturated heterocycles. The molecule has 0 aromatic carbocycles. The van der Waals surface area contributed by atoms with E-state index < -0.39 is 0 Å². The molecule has 1 atom stereocenters. The lowest BCUT2D eigenvalue weighted by Crippen LogP contribution is -2.43. The molecular weight excluding hydrogens is 192 g/mol. The Labute approximate surface area is 91.9 Å². The standard InChI is InChI=1S/C11H22N2O2/c1-3-12(7-8-14)9-11-5-4-6-13(11)10(2)15/h11,14H,3-9H2,1-2H3/t11-/m0/s1. The van der Waals surface area contributed by atoms with E-state index >= 15 is 0 Å². The molecule has 4 nitrogen and oxygen atoms in total. The van der Waals surface area contributed by atoms with E-state index in [0.717, 1.165) is 32.5 Å². The van der Waals surface area contributed by atoms with Gasteiger partial charge in [-0.05, 0) is 19.4 Å². The highest BCUT2D eigenvalue weighted by Crippen LogP contribution is 2.18. The normalized spacial score (nSPS) is 21.3. The number of nitrogens with zero attached hydrogens (tertiary/aromatic N) is 2. The summed E-state index contributed by atoms with van der Waals surface area (Å²) in [6.07, 6.45) is 2.21. The SMILES string of the molecule is CCN(CCO)C[C@@H]1CCCN1C(C)=O. The van der Waals surface area contributed by atoms with E-state index in [1.807, 2.05) is 4.90 Å². The highest BCUT2D eigenvalue weighted by Gasteiger charge is 2.27. The quantitative estimate of drug-likeness (QED) is 0.716. The van der Waals surface area contributed by atoms with Crippen LogP contribution in [0, 0.1) is 0 Å². The number of rotatable bonds is 5. The first-order chi connectivity index (χ1) is 7.19. The third kappa shape index (κ3) is 3.47. The Balaban J connectivity index is 2.44. The molecule has 0 unspecified atom stereocenters. The molecular formula is C11H22N2O2. The topological polar surface area (TPSA) is 43.8 Å². The third-order valence-corrected chi connectivity index (χ3v) is 3.11. The smallest absolute Gasteiger partial charge is 0.219 e. The van der Waals surface area contributed by atoms with E-state index in [4.69, 9.17) is 5.11 Å². The van der Waals surface area contributed by atoms with Crippen LogP contribution in [0.25, 0.3) is 0 Å². The zero-order chi connectivity index (χ0) is 11.3. The molecule has 0 aromatic heterocycles. The number of carbonyl (C=O) groups excluding carboxylic acids is 1. The predicted octanol–water partition coefficient (Wildman–Crippen LogP) is 0.311. The zero-order valence-electron chi connectivity index (χ0n) is 9.78. The van der Waals surface area contributed by atoms with Crippen molar-refractivity contribution in [1.29, 1.82) is 0 Å². The molecule has 1 N–H and O–H groups in total. The Hall–Kier alpha value is -0.610. The van der Waals surface area contributed by atoms with Crippen molar-refractivity contribution in [2.75, 3.05) is 32.8 Å². The van der Waals surface area contributed by atoms with Crippen molar-refractivity contribution < 1.29 is 9.90 Å². The van der Waals surface area contributed by atoms with Gasteiger partial charge in [-0.25, -0.2) is 0 Å². The first-order valence-electron chi connectivity index (χ1n) is 5.79. The highest BCUT2D eigenvalue weighted by molar-refractivity contribution is 5.73. The van der Waals surface area contributed by atoms with Crippen LogP contribution < -0.4 is 0 Å². The molecule has 0 bridgehead atoms. The van der Waals surface area contributed by atoms with Crippen LogP contribution in [0.5, 0.6) is 0 Å². The van der Waals surface area contributed by atoms with Gasteiger partial charge in [-0.2, -0.15) is 0 Å². The molecule has 15 heavy (non-hydrogen) atoms. The fourth-order valence-corrected chi connectivity index (χ4v) is 2.26. The fourth-order valence-electron chi connectivity index (χ4n) is 2.26. The molecule has 1 aliphatic heterocycles. The maximum absolute atomic E-state index is 11.3. The van der Waals surface area contributed by atoms with Crippen LogP contribution in [0.3, 0.4) is 0 Å². The third-order valence-electron chi connectivity index (χ3n) is 3.11. The molecule has 88 valence electrons. The summed E-state index contributed by atoms with van der Waals surface area (Å²) in [6, 6.07) is 0.356. The fraction of sp³-hybridized carbons (Fsp3) is 0.909. The minimum Gasteiger partial charge on any atom is -0.395 e. The highest BCUT2D eigenvalue weighted by atomic mass is 16.3. The molecule has 1 heterocycles. The van der Waals surface area contributed by atoms with Gasteiger partial charge in [0.2, 0.25) is 5.91 Å². The van der Waals surface area contributed by atoms with Crippen molar-refractivity contribution in [3.05, 3.63) is 0 Å². The largest absolute Gasteiger partial charge is 0.395 e. The van der Waals surface area contributed by atoms with Crippen LogP contribution in [0.1, 0.15) is 26.7 Å². The van der Waals surface area contributed by atoms with E-state index in [-0.39, 0.29) is 12.5 Å². The lowest BCUT2D eigenvalue weighted by atomic mass is 10.2. The van der Waals surface area contributed by atoms with Crippen LogP contribution in [-0.4, -0.2) is 59.6 Å².